The van der Waals surface area contributed by atoms with Crippen LogP contribution < -0.4 is 25.2 Å². The Hall–Kier alpha value is -5.07. The highest BCUT2D eigenvalue weighted by Crippen LogP contribution is 2.51. The smallest absolute Gasteiger partial charge is 0.497 e. The lowest BCUT2D eigenvalue weighted by Gasteiger charge is -2.45. The van der Waals surface area contributed by atoms with Crippen molar-refractivity contribution in [3.05, 3.63) is 157 Å². The molecule has 0 aliphatic carbocycles. The maximum atomic E-state index is 15.6. The van der Waals surface area contributed by atoms with Gasteiger partial charge in [-0.1, -0.05) is 159 Å². The van der Waals surface area contributed by atoms with Crippen LogP contribution >= 0.6 is 19.4 Å². The molecule has 21 nitrogen and oxygen atoms in total. The van der Waals surface area contributed by atoms with Crippen molar-refractivity contribution >= 4 is 64.1 Å². The standard InChI is InChI=1S/C71H106ClN4O17PSi4/c1-68(2,3)97(16,17)88-46-61-59(93-98(18,19)69(4,5)6)42-62(90-61)73-44-50(64(77)75(66(73)79)48-85-37-39-95(10,11)12)43-70(7)47-74(67(80)76(65(70)78)49-86-38-40-96(13,14)15)63-41-58(92-94(81,82)91-57-28-24-23-27-56(57)72)60(89-63)45-87-71(51-25-21-20-22-26-51,52-29-33-54(83-8)34-30-52)53-31-35-55(84-9)36-32-53/h20-36,44,58-63H,37-43,45-49H2,1-19H3,(H,81,82)/t58-,59-,60+,61+,62+,63+,70+/m0/s1. The number of hydrogen-bond acceptors (Lipinski definition) is 16. The molecule has 3 aliphatic heterocycles. The number of ether oxygens (including phenoxy) is 7. The highest BCUT2D eigenvalue weighted by molar-refractivity contribution is 7.47. The molecule has 0 saturated carbocycles. The summed E-state index contributed by atoms with van der Waals surface area (Å²) in [5, 5.41) is -0.235. The Bertz CT molecular complexity index is 3660. The number of para-hydroxylation sites is 1. The molecule has 8 rings (SSSR count). The number of carbonyl (C=O) groups excluding carboxylic acids is 2. The normalized spacial score (nSPS) is 22.2. The summed E-state index contributed by atoms with van der Waals surface area (Å²) in [4.78, 5) is 75.8. The third-order valence-corrected chi connectivity index (χ3v) is 33.4. The van der Waals surface area contributed by atoms with E-state index in [4.69, 9.17) is 62.7 Å². The van der Waals surface area contributed by atoms with Gasteiger partial charge in [-0.2, -0.15) is 0 Å². The van der Waals surface area contributed by atoms with Gasteiger partial charge in [-0.3, -0.25) is 28.5 Å². The SMILES string of the molecule is COc1ccc(C(OC[C@H]2O[C@@H](N3C[C@@](C)(Cc4cn([C@H]5C[C@H](O[Si](C)(C)C(C)(C)C)[C@@H](CO[Si](C)(C)C(C)(C)C)O5)c(=O)n(COCC[Si](C)(C)C)c4=O)C(=O)N(COCC[Si](C)(C)C)C3=O)C[C@@H]2OP(=O)(O)Oc2ccccc2Cl)(c2ccccc2)c2ccc(OC)cc2)cc1. The van der Waals surface area contributed by atoms with Crippen LogP contribution in [0.2, 0.25) is 92.7 Å². The molecule has 3 aliphatic rings. The summed E-state index contributed by atoms with van der Waals surface area (Å²) in [5.41, 5.74) is -2.27. The summed E-state index contributed by atoms with van der Waals surface area (Å²) in [6.07, 6.45) is -4.72. The summed E-state index contributed by atoms with van der Waals surface area (Å²) in [7, 11) is -10.1. The second-order valence-corrected chi connectivity index (χ2v) is 54.4. The predicted octanol–water partition coefficient (Wildman–Crippen LogP) is 14.5. The van der Waals surface area contributed by atoms with Crippen LogP contribution in [-0.4, -0.2) is 153 Å². The van der Waals surface area contributed by atoms with Crippen LogP contribution in [0.25, 0.3) is 0 Å². The van der Waals surface area contributed by atoms with Crippen LogP contribution in [0.5, 0.6) is 17.2 Å². The van der Waals surface area contributed by atoms with Crippen LogP contribution in [0.1, 0.15) is 89.8 Å². The Labute approximate surface area is 588 Å². The highest BCUT2D eigenvalue weighted by atomic mass is 35.5. The van der Waals surface area contributed by atoms with E-state index in [-0.39, 0.29) is 78.8 Å². The zero-order valence-electron chi connectivity index (χ0n) is 60.9. The molecule has 540 valence electrons. The molecule has 3 amide bonds. The minimum atomic E-state index is -5.11. The molecule has 27 heteroatoms. The lowest BCUT2D eigenvalue weighted by atomic mass is 9.80. The molecule has 1 aromatic heterocycles. The van der Waals surface area contributed by atoms with E-state index >= 15 is 19.2 Å². The summed E-state index contributed by atoms with van der Waals surface area (Å²) in [6, 6.07) is 31.2. The Morgan fingerprint density at radius 3 is 1.70 bits per heavy atom. The Kier molecular flexibility index (Phi) is 25.1. The van der Waals surface area contributed by atoms with E-state index in [1.165, 1.54) is 27.8 Å². The van der Waals surface area contributed by atoms with Crippen LogP contribution in [0.4, 0.5) is 4.79 Å². The predicted molar refractivity (Wildman–Crippen MR) is 391 cm³/mol. The van der Waals surface area contributed by atoms with Crippen molar-refractivity contribution in [3.8, 4) is 17.2 Å². The van der Waals surface area contributed by atoms with Crippen molar-refractivity contribution in [1.29, 1.82) is 0 Å². The topological polar surface area (TPSA) is 223 Å². The Morgan fingerprint density at radius 2 is 1.16 bits per heavy atom. The molecule has 4 aromatic carbocycles. The lowest BCUT2D eigenvalue weighted by Crippen LogP contribution is -2.64. The third kappa shape index (κ3) is 19.0. The van der Waals surface area contributed by atoms with Crippen molar-refractivity contribution in [2.24, 2.45) is 5.41 Å². The van der Waals surface area contributed by atoms with E-state index in [1.807, 2.05) is 78.9 Å². The molecule has 0 radical (unpaired) electrons. The van der Waals surface area contributed by atoms with Crippen LogP contribution in [-0.2, 0) is 65.2 Å². The number of aromatic nitrogens is 2. The quantitative estimate of drug-likeness (QED) is 0.0188. The molecule has 0 spiro atoms. The summed E-state index contributed by atoms with van der Waals surface area (Å²) in [6.45, 7) is 35.8. The Morgan fingerprint density at radius 1 is 0.653 bits per heavy atom. The van der Waals surface area contributed by atoms with Crippen LogP contribution in [0, 0.1) is 5.41 Å². The molecule has 98 heavy (non-hydrogen) atoms. The minimum Gasteiger partial charge on any atom is -0.497 e. The number of nitrogens with zero attached hydrogens (tertiary/aromatic N) is 4. The van der Waals surface area contributed by atoms with Gasteiger partial charge < -0.3 is 46.5 Å². The molecule has 1 unspecified atom stereocenters. The van der Waals surface area contributed by atoms with Crippen molar-refractivity contribution < 1.29 is 70.1 Å². The zero-order valence-corrected chi connectivity index (χ0v) is 66.6. The lowest BCUT2D eigenvalue weighted by molar-refractivity contribution is -0.156. The number of phosphoric ester groups is 1. The first kappa shape index (κ1) is 78.6. The number of benzene rings is 4. The number of methoxy groups -OCH3 is 2. The number of carbonyl (C=O) groups is 2. The molecule has 8 atom stereocenters. The first-order chi connectivity index (χ1) is 45.6. The number of amides is 3. The van der Waals surface area contributed by atoms with Crippen molar-refractivity contribution in [2.45, 2.75) is 205 Å². The molecule has 3 fully saturated rings. The van der Waals surface area contributed by atoms with E-state index in [2.05, 4.69) is 107 Å². The van der Waals surface area contributed by atoms with Gasteiger partial charge in [0.1, 0.15) is 67.1 Å². The second-order valence-electron chi connectivity index (χ2n) is 31.8. The molecule has 0 bridgehead atoms. The zero-order chi connectivity index (χ0) is 72.2. The van der Waals surface area contributed by atoms with Gasteiger partial charge in [-0.25, -0.2) is 23.6 Å². The van der Waals surface area contributed by atoms with E-state index in [9.17, 15) is 9.46 Å². The Balaban J connectivity index is 1.23. The largest absolute Gasteiger partial charge is 0.527 e. The van der Waals surface area contributed by atoms with Crippen molar-refractivity contribution in [2.75, 3.05) is 53.9 Å². The third-order valence-electron chi connectivity index (χ3n) is 19.7. The van der Waals surface area contributed by atoms with E-state index in [0.717, 1.165) is 21.6 Å². The van der Waals surface area contributed by atoms with Gasteiger partial charge in [0.2, 0.25) is 5.91 Å². The fraction of sp³-hybridized carbons (Fsp3) is 0.577. The molecular weight excluding hydrogens is 1360 g/mol. The average molecular weight is 1470 g/mol. The first-order valence-electron chi connectivity index (χ1n) is 33.8. The van der Waals surface area contributed by atoms with Crippen LogP contribution in [0.15, 0.2) is 119 Å². The van der Waals surface area contributed by atoms with E-state index in [1.54, 1.807) is 33.3 Å². The second kappa shape index (κ2) is 31.3. The molecule has 5 aromatic rings. The number of urea groups is 1. The minimum absolute atomic E-state index is 0.0516. The first-order valence-corrected chi connectivity index (χ1v) is 48.9. The molecule has 1 N–H and O–H groups in total. The van der Waals surface area contributed by atoms with Gasteiger partial charge in [0.25, 0.3) is 5.56 Å². The summed E-state index contributed by atoms with van der Waals surface area (Å²) < 4.78 is 87.7. The average Bonchev–Trinajstić information content (AvgIpc) is 1.15. The number of imide groups is 1. The van der Waals surface area contributed by atoms with Gasteiger partial charge in [-0.05, 0) is 115 Å². The summed E-state index contributed by atoms with van der Waals surface area (Å²) in [5.74, 6) is 0.433. The fourth-order valence-corrected chi connectivity index (χ4v) is 16.8. The van der Waals surface area contributed by atoms with E-state index in [0.29, 0.717) is 34.8 Å². The van der Waals surface area contributed by atoms with E-state index < -0.39 is 118 Å². The number of hydrogen-bond donors (Lipinski definition) is 1. The van der Waals surface area contributed by atoms with Crippen LogP contribution in [0.3, 0.4) is 0 Å². The van der Waals surface area contributed by atoms with Gasteiger partial charge >= 0.3 is 19.5 Å². The number of halogens is 1. The molecular formula is C71H106ClN4O17PSi4. The van der Waals surface area contributed by atoms with Crippen molar-refractivity contribution in [3.63, 3.8) is 0 Å². The fourth-order valence-electron chi connectivity index (χ4n) is 11.6. The number of rotatable bonds is 31. The van der Waals surface area contributed by atoms with Gasteiger partial charge in [0.15, 0.2) is 16.6 Å². The van der Waals surface area contributed by atoms with Crippen molar-refractivity contribution in [1.82, 2.24) is 18.9 Å². The van der Waals surface area contributed by atoms with Gasteiger partial charge in [0.05, 0.1) is 44.0 Å². The van der Waals surface area contributed by atoms with Gasteiger partial charge in [-0.15, -0.1) is 0 Å². The highest BCUT2D eigenvalue weighted by Gasteiger charge is 2.55. The van der Waals surface area contributed by atoms with Gasteiger partial charge in [0, 0.05) is 60.5 Å². The molecule has 3 saturated heterocycles. The maximum absolute atomic E-state index is 15.6. The molecule has 4 heterocycles. The monoisotopic (exact) mass is 1460 g/mol. The maximum Gasteiger partial charge on any atom is 0.527 e. The summed E-state index contributed by atoms with van der Waals surface area (Å²) >= 11 is 6.49. The number of phosphoric acid groups is 1.